The van der Waals surface area contributed by atoms with Crippen molar-refractivity contribution < 1.29 is 18.5 Å². The Morgan fingerprint density at radius 1 is 1.41 bits per heavy atom. The molecule has 17 heavy (non-hydrogen) atoms. The summed E-state index contributed by atoms with van der Waals surface area (Å²) in [5.41, 5.74) is 0. The summed E-state index contributed by atoms with van der Waals surface area (Å²) in [4.78, 5) is 12.9. The number of carboxylic acids is 1. The molecule has 0 spiro atoms. The molecular weight excluding hydrogens is 242 g/mol. The number of aromatic carboxylic acids is 1. The normalized spacial score (nSPS) is 18.4. The van der Waals surface area contributed by atoms with Gasteiger partial charge in [0.25, 0.3) is 0 Å². The summed E-state index contributed by atoms with van der Waals surface area (Å²) in [7, 11) is -1.25. The predicted molar refractivity (Wildman–Crippen MR) is 62.6 cm³/mol. The zero-order valence-corrected chi connectivity index (χ0v) is 10.2. The van der Waals surface area contributed by atoms with Crippen molar-refractivity contribution in [2.75, 3.05) is 25.4 Å². The number of carboxylic acid groups (broad SMARTS) is 1. The summed E-state index contributed by atoms with van der Waals surface area (Å²) >= 11 is 0. The van der Waals surface area contributed by atoms with Gasteiger partial charge in [-0.2, -0.15) is 0 Å². The Labute approximate surface area is 102 Å². The highest BCUT2D eigenvalue weighted by molar-refractivity contribution is 7.84. The van der Waals surface area contributed by atoms with Crippen molar-refractivity contribution in [3.8, 4) is 0 Å². The molecule has 5 nitrogen and oxygen atoms in total. The van der Waals surface area contributed by atoms with Crippen LogP contribution < -0.4 is 0 Å². The molecule has 0 radical (unpaired) electrons. The Morgan fingerprint density at radius 3 is 2.71 bits per heavy atom. The predicted octanol–water partition coefficient (Wildman–Crippen LogP) is 1.18. The molecule has 1 aliphatic rings. The molecule has 1 fully saturated rings. The number of hydrogen-bond donors (Lipinski definition) is 1. The van der Waals surface area contributed by atoms with Crippen molar-refractivity contribution in [1.82, 2.24) is 4.90 Å². The smallest absolute Gasteiger partial charge is 0.371 e. The molecule has 1 aromatic rings. The molecule has 1 aliphatic heterocycles. The monoisotopic (exact) mass is 257 g/mol. The number of rotatable bonds is 5. The summed E-state index contributed by atoms with van der Waals surface area (Å²) in [6.07, 6.45) is 2.41. The first-order valence-corrected chi connectivity index (χ1v) is 6.92. The lowest BCUT2D eigenvalue weighted by atomic mass is 10.4. The van der Waals surface area contributed by atoms with Gasteiger partial charge in [0.05, 0.1) is 10.8 Å². The van der Waals surface area contributed by atoms with Crippen LogP contribution in [0, 0.1) is 0 Å². The van der Waals surface area contributed by atoms with Crippen molar-refractivity contribution in [2.45, 2.75) is 17.9 Å². The van der Waals surface area contributed by atoms with Crippen LogP contribution in [0.5, 0.6) is 0 Å². The molecule has 2 rings (SSSR count). The van der Waals surface area contributed by atoms with E-state index in [0.717, 1.165) is 19.6 Å². The lowest BCUT2D eigenvalue weighted by Gasteiger charge is -2.12. The lowest BCUT2D eigenvalue weighted by Crippen LogP contribution is -2.24. The van der Waals surface area contributed by atoms with Crippen LogP contribution in [0.3, 0.4) is 0 Å². The third kappa shape index (κ3) is 3.17. The maximum atomic E-state index is 11.8. The number of furan rings is 1. The molecule has 1 unspecified atom stereocenters. The average Bonchev–Trinajstić information content (AvgIpc) is 2.96. The Morgan fingerprint density at radius 2 is 2.12 bits per heavy atom. The van der Waals surface area contributed by atoms with E-state index in [1.54, 1.807) is 0 Å². The van der Waals surface area contributed by atoms with Crippen LogP contribution in [-0.2, 0) is 10.8 Å². The fraction of sp³-hybridized carbons (Fsp3) is 0.545. The van der Waals surface area contributed by atoms with Crippen LogP contribution in [-0.4, -0.2) is 45.6 Å². The van der Waals surface area contributed by atoms with Gasteiger partial charge >= 0.3 is 5.97 Å². The van der Waals surface area contributed by atoms with Crippen LogP contribution >= 0.6 is 0 Å². The van der Waals surface area contributed by atoms with Gasteiger partial charge < -0.3 is 14.4 Å². The van der Waals surface area contributed by atoms with Crippen molar-refractivity contribution in [2.24, 2.45) is 0 Å². The van der Waals surface area contributed by atoms with Crippen LogP contribution in [0.1, 0.15) is 23.4 Å². The minimum absolute atomic E-state index is 0.158. The molecule has 0 saturated carbocycles. The largest absolute Gasteiger partial charge is 0.475 e. The molecular formula is C11H15NO4S. The van der Waals surface area contributed by atoms with E-state index in [2.05, 4.69) is 4.90 Å². The van der Waals surface area contributed by atoms with Gasteiger partial charge in [-0.15, -0.1) is 0 Å². The van der Waals surface area contributed by atoms with Gasteiger partial charge in [-0.25, -0.2) is 4.79 Å². The second kappa shape index (κ2) is 5.46. The molecule has 1 aromatic heterocycles. The standard InChI is InChI=1S/C11H15NO4S/c13-11(14)9-3-4-10(16-9)17(15)8-7-12-5-1-2-6-12/h3-4H,1-2,5-8H2,(H,13,14). The maximum absolute atomic E-state index is 11.8. The van der Waals surface area contributed by atoms with E-state index in [1.807, 2.05) is 0 Å². The van der Waals surface area contributed by atoms with Crippen LogP contribution in [0.15, 0.2) is 21.6 Å². The number of hydrogen-bond acceptors (Lipinski definition) is 4. The fourth-order valence-electron chi connectivity index (χ4n) is 1.88. The highest BCUT2D eigenvalue weighted by Crippen LogP contribution is 2.13. The highest BCUT2D eigenvalue weighted by Gasteiger charge is 2.16. The first-order valence-electron chi connectivity index (χ1n) is 5.60. The highest BCUT2D eigenvalue weighted by atomic mass is 32.2. The van der Waals surface area contributed by atoms with Gasteiger partial charge in [-0.3, -0.25) is 4.21 Å². The van der Waals surface area contributed by atoms with Gasteiger partial charge in [0.15, 0.2) is 5.09 Å². The zero-order valence-electron chi connectivity index (χ0n) is 9.42. The third-order valence-corrected chi connectivity index (χ3v) is 4.03. The van der Waals surface area contributed by atoms with Gasteiger partial charge in [-0.05, 0) is 38.1 Å². The quantitative estimate of drug-likeness (QED) is 0.857. The molecule has 6 heteroatoms. The maximum Gasteiger partial charge on any atom is 0.371 e. The van der Waals surface area contributed by atoms with E-state index in [1.165, 1.54) is 25.0 Å². The topological polar surface area (TPSA) is 70.8 Å². The van der Waals surface area contributed by atoms with Crippen molar-refractivity contribution in [1.29, 1.82) is 0 Å². The molecule has 94 valence electrons. The van der Waals surface area contributed by atoms with Gasteiger partial charge in [0.2, 0.25) is 5.76 Å². The minimum Gasteiger partial charge on any atom is -0.475 e. The summed E-state index contributed by atoms with van der Waals surface area (Å²) in [5.74, 6) is -0.797. The summed E-state index contributed by atoms with van der Waals surface area (Å²) in [6.45, 7) is 2.90. The lowest BCUT2D eigenvalue weighted by molar-refractivity contribution is 0.0656. The van der Waals surface area contributed by atoms with E-state index in [-0.39, 0.29) is 10.9 Å². The summed E-state index contributed by atoms with van der Waals surface area (Å²) in [5, 5.41) is 8.93. The van der Waals surface area contributed by atoms with Gasteiger partial charge in [0.1, 0.15) is 0 Å². The van der Waals surface area contributed by atoms with Gasteiger partial charge in [-0.1, -0.05) is 0 Å². The van der Waals surface area contributed by atoms with E-state index < -0.39 is 16.8 Å². The van der Waals surface area contributed by atoms with E-state index in [4.69, 9.17) is 9.52 Å². The third-order valence-electron chi connectivity index (χ3n) is 2.81. The number of likely N-dealkylation sites (tertiary alicyclic amines) is 1. The minimum atomic E-state index is -1.25. The molecule has 1 atom stereocenters. The second-order valence-electron chi connectivity index (χ2n) is 4.02. The molecule has 0 aromatic carbocycles. The van der Waals surface area contributed by atoms with Crippen LogP contribution in [0.4, 0.5) is 0 Å². The number of nitrogens with zero attached hydrogens (tertiary/aromatic N) is 1. The molecule has 0 amide bonds. The SMILES string of the molecule is O=C(O)c1ccc(S(=O)CCN2CCCC2)o1. The summed E-state index contributed by atoms with van der Waals surface area (Å²) in [6, 6.07) is 2.81. The molecule has 0 bridgehead atoms. The van der Waals surface area contributed by atoms with Gasteiger partial charge in [0, 0.05) is 12.3 Å². The fourth-order valence-corrected chi connectivity index (χ4v) is 2.90. The first kappa shape index (κ1) is 12.3. The summed E-state index contributed by atoms with van der Waals surface area (Å²) < 4.78 is 16.8. The van der Waals surface area contributed by atoms with E-state index in [0.29, 0.717) is 5.75 Å². The molecule has 1 N–H and O–H groups in total. The zero-order chi connectivity index (χ0) is 12.3. The Hall–Kier alpha value is -1.14. The Bertz CT molecular complexity index is 423. The van der Waals surface area contributed by atoms with Crippen molar-refractivity contribution in [3.05, 3.63) is 17.9 Å². The van der Waals surface area contributed by atoms with Crippen LogP contribution in [0.25, 0.3) is 0 Å². The van der Waals surface area contributed by atoms with E-state index >= 15 is 0 Å². The Kier molecular flexibility index (Phi) is 3.96. The Balaban J connectivity index is 1.87. The molecule has 2 heterocycles. The molecule has 1 saturated heterocycles. The van der Waals surface area contributed by atoms with Crippen molar-refractivity contribution >= 4 is 16.8 Å². The molecule has 0 aliphatic carbocycles. The average molecular weight is 257 g/mol. The second-order valence-corrected chi connectivity index (χ2v) is 5.52. The first-order chi connectivity index (χ1) is 8.16. The van der Waals surface area contributed by atoms with Crippen LogP contribution in [0.2, 0.25) is 0 Å². The number of carbonyl (C=O) groups is 1. The van der Waals surface area contributed by atoms with E-state index in [9.17, 15) is 9.00 Å². The van der Waals surface area contributed by atoms with Crippen molar-refractivity contribution in [3.63, 3.8) is 0 Å².